The van der Waals surface area contributed by atoms with Gasteiger partial charge in [-0.2, -0.15) is 15.4 Å². The van der Waals surface area contributed by atoms with Gasteiger partial charge < -0.3 is 17.8 Å². The molecular formula is C5H12BF3N4. The van der Waals surface area contributed by atoms with Crippen LogP contribution in [0.1, 0.15) is 0 Å². The third-order valence-corrected chi connectivity index (χ3v) is 0.971. The van der Waals surface area contributed by atoms with Crippen LogP contribution < -0.4 is 4.90 Å². The molecule has 1 heterocycles. The second-order valence-electron chi connectivity index (χ2n) is 2.78. The molecule has 4 nitrogen and oxygen atoms in total. The van der Waals surface area contributed by atoms with Gasteiger partial charge in [0.2, 0.25) is 0 Å². The lowest BCUT2D eigenvalue weighted by Gasteiger charge is -2.15. The van der Waals surface area contributed by atoms with E-state index in [-0.39, 0.29) is 0 Å². The maximum atomic E-state index is 11.3. The van der Waals surface area contributed by atoms with Gasteiger partial charge in [0, 0.05) is 0 Å². The number of H-pyrrole nitrogens is 1. The molecule has 0 spiro atoms. The normalized spacial score (nSPS) is 10.9. The smallest absolute Gasteiger partial charge is 0.445 e. The Hall–Kier alpha value is -1.05. The summed E-state index contributed by atoms with van der Waals surface area (Å²) in [6, 6.07) is 0. The maximum Gasteiger partial charge on any atom is 0.531 e. The van der Waals surface area contributed by atoms with E-state index in [0.29, 0.717) is 4.90 Å². The highest BCUT2D eigenvalue weighted by molar-refractivity contribution is 6.58. The van der Waals surface area contributed by atoms with Crippen molar-refractivity contribution in [2.24, 2.45) is 0 Å². The van der Waals surface area contributed by atoms with Crippen LogP contribution in [0.15, 0.2) is 12.4 Å². The highest BCUT2D eigenvalue weighted by atomic mass is 19.4. The SMILES string of the molecule is C[NH+](C)C[B-](F)(F)F.c1cn[nH]n1. The molecule has 8 heteroatoms. The summed E-state index contributed by atoms with van der Waals surface area (Å²) in [5.41, 5.74) is 0. The van der Waals surface area contributed by atoms with E-state index in [1.165, 1.54) is 14.1 Å². The largest absolute Gasteiger partial charge is 0.531 e. The van der Waals surface area contributed by atoms with Crippen molar-refractivity contribution in [2.75, 3.05) is 20.5 Å². The summed E-state index contributed by atoms with van der Waals surface area (Å²) >= 11 is 0. The second-order valence-corrected chi connectivity index (χ2v) is 2.78. The van der Waals surface area contributed by atoms with Crippen molar-refractivity contribution in [3.63, 3.8) is 0 Å². The van der Waals surface area contributed by atoms with E-state index >= 15 is 0 Å². The molecular weight excluding hydrogens is 184 g/mol. The standard InChI is InChI=1S/C3H8BF3N.C2H3N3/c1-8(2)3-4(5,6)7;1-2-4-5-3-1/h3H2,1-2H3;1-2H,(H,3,4,5)/q-1;/p+1. The van der Waals surface area contributed by atoms with Crippen LogP contribution in [0, 0.1) is 0 Å². The Bertz CT molecular complexity index is 181. The molecule has 76 valence electrons. The van der Waals surface area contributed by atoms with Gasteiger partial charge in [0.15, 0.2) is 0 Å². The van der Waals surface area contributed by atoms with Crippen LogP contribution in [0.3, 0.4) is 0 Å². The molecule has 1 aromatic rings. The van der Waals surface area contributed by atoms with E-state index in [2.05, 4.69) is 15.4 Å². The maximum absolute atomic E-state index is 11.3. The van der Waals surface area contributed by atoms with Gasteiger partial charge in [-0.05, 0) is 0 Å². The van der Waals surface area contributed by atoms with Crippen LogP contribution in [-0.4, -0.2) is 42.9 Å². The van der Waals surface area contributed by atoms with Gasteiger partial charge in [0.25, 0.3) is 0 Å². The molecule has 1 aromatic heterocycles. The summed E-state index contributed by atoms with van der Waals surface area (Å²) in [5, 5.41) is 9.33. The average Bonchev–Trinajstić information content (AvgIpc) is 2.33. The van der Waals surface area contributed by atoms with E-state index in [1.807, 2.05) is 0 Å². The Balaban J connectivity index is 0.000000243. The lowest BCUT2D eigenvalue weighted by Crippen LogP contribution is -3.08. The summed E-state index contributed by atoms with van der Waals surface area (Å²) in [6.07, 6.45) is 2.47. The van der Waals surface area contributed by atoms with Crippen molar-refractivity contribution in [3.8, 4) is 0 Å². The summed E-state index contributed by atoms with van der Waals surface area (Å²) in [6.45, 7) is -4.57. The third-order valence-electron chi connectivity index (χ3n) is 0.971. The number of hydrogen-bond acceptors (Lipinski definition) is 2. The molecule has 0 unspecified atom stereocenters. The predicted octanol–water partition coefficient (Wildman–Crippen LogP) is -0.678. The van der Waals surface area contributed by atoms with E-state index in [0.717, 1.165) is 0 Å². The van der Waals surface area contributed by atoms with Crippen molar-refractivity contribution < 1.29 is 17.8 Å². The van der Waals surface area contributed by atoms with Crippen molar-refractivity contribution in [1.29, 1.82) is 0 Å². The minimum absolute atomic E-state index is 0.428. The predicted molar refractivity (Wildman–Crippen MR) is 43.1 cm³/mol. The molecule has 0 saturated heterocycles. The second kappa shape index (κ2) is 5.57. The van der Waals surface area contributed by atoms with Crippen molar-refractivity contribution in [2.45, 2.75) is 0 Å². The zero-order valence-corrected chi connectivity index (χ0v) is 7.47. The molecule has 0 amide bonds. The molecule has 13 heavy (non-hydrogen) atoms. The number of nitrogens with zero attached hydrogens (tertiary/aromatic N) is 2. The fraction of sp³-hybridized carbons (Fsp3) is 0.600. The number of hydrogen-bond donors (Lipinski definition) is 2. The summed E-state index contributed by atoms with van der Waals surface area (Å²) in [5.74, 6) is 0. The first-order valence-electron chi connectivity index (χ1n) is 3.71. The van der Waals surface area contributed by atoms with Gasteiger partial charge in [0.1, 0.15) is 0 Å². The molecule has 0 radical (unpaired) electrons. The summed E-state index contributed by atoms with van der Waals surface area (Å²) < 4.78 is 34.0. The van der Waals surface area contributed by atoms with Gasteiger partial charge in [-0.25, -0.2) is 0 Å². The van der Waals surface area contributed by atoms with Gasteiger partial charge in [-0.3, -0.25) is 0 Å². The quantitative estimate of drug-likeness (QED) is 0.615. The highest BCUT2D eigenvalue weighted by Crippen LogP contribution is 2.02. The number of aromatic amines is 1. The van der Waals surface area contributed by atoms with Crippen LogP contribution in [0.25, 0.3) is 0 Å². The lowest BCUT2D eigenvalue weighted by molar-refractivity contribution is -0.849. The van der Waals surface area contributed by atoms with Gasteiger partial charge in [-0.15, -0.1) is 0 Å². The minimum Gasteiger partial charge on any atom is -0.445 e. The molecule has 0 aliphatic heterocycles. The fourth-order valence-corrected chi connectivity index (χ4v) is 0.630. The Labute approximate surface area is 74.2 Å². The molecule has 0 aromatic carbocycles. The number of nitrogens with one attached hydrogen (secondary N) is 2. The zero-order chi connectivity index (χ0) is 10.3. The topological polar surface area (TPSA) is 46.0 Å². The molecule has 0 aliphatic rings. The van der Waals surface area contributed by atoms with Crippen molar-refractivity contribution >= 4 is 6.98 Å². The number of aromatic nitrogens is 3. The Morgan fingerprint density at radius 2 is 1.69 bits per heavy atom. The van der Waals surface area contributed by atoms with E-state index in [4.69, 9.17) is 0 Å². The third kappa shape index (κ3) is 11.0. The van der Waals surface area contributed by atoms with Crippen LogP contribution in [0.4, 0.5) is 12.9 Å². The number of halogens is 3. The molecule has 0 bridgehead atoms. The molecule has 1 rings (SSSR count). The molecule has 0 saturated carbocycles. The van der Waals surface area contributed by atoms with E-state index in [9.17, 15) is 12.9 Å². The Morgan fingerprint density at radius 1 is 1.23 bits per heavy atom. The van der Waals surface area contributed by atoms with Gasteiger partial charge in [-0.1, -0.05) is 0 Å². The monoisotopic (exact) mass is 196 g/mol. The molecule has 2 N–H and O–H groups in total. The molecule has 0 fully saturated rings. The fourth-order valence-electron chi connectivity index (χ4n) is 0.630. The lowest BCUT2D eigenvalue weighted by atomic mass is 9.92. The first-order chi connectivity index (χ1) is 5.92. The van der Waals surface area contributed by atoms with E-state index < -0.39 is 13.4 Å². The Morgan fingerprint density at radius 3 is 1.77 bits per heavy atom. The van der Waals surface area contributed by atoms with Crippen molar-refractivity contribution in [3.05, 3.63) is 12.4 Å². The van der Waals surface area contributed by atoms with Gasteiger partial charge in [0.05, 0.1) is 32.9 Å². The van der Waals surface area contributed by atoms with Crippen LogP contribution >= 0.6 is 0 Å². The zero-order valence-electron chi connectivity index (χ0n) is 7.47. The van der Waals surface area contributed by atoms with Crippen LogP contribution in [0.5, 0.6) is 0 Å². The van der Waals surface area contributed by atoms with Crippen LogP contribution in [-0.2, 0) is 0 Å². The number of rotatable bonds is 2. The average molecular weight is 196 g/mol. The number of quaternary nitrogens is 1. The Kier molecular flexibility index (Phi) is 5.13. The highest BCUT2D eigenvalue weighted by Gasteiger charge is 2.26. The first kappa shape index (κ1) is 12.0. The van der Waals surface area contributed by atoms with Crippen molar-refractivity contribution in [1.82, 2.24) is 15.4 Å². The van der Waals surface area contributed by atoms with E-state index in [1.54, 1.807) is 12.4 Å². The summed E-state index contributed by atoms with van der Waals surface area (Å²) in [7, 11) is 2.96. The first-order valence-corrected chi connectivity index (χ1v) is 3.71. The van der Waals surface area contributed by atoms with Crippen LogP contribution in [0.2, 0.25) is 0 Å². The minimum atomic E-state index is -4.57. The molecule has 0 atom stereocenters. The molecule has 0 aliphatic carbocycles. The summed E-state index contributed by atoms with van der Waals surface area (Å²) in [4.78, 5) is 0.428. The van der Waals surface area contributed by atoms with Gasteiger partial charge >= 0.3 is 6.98 Å².